The Labute approximate surface area is 195 Å². The molecule has 8 nitrogen and oxygen atoms in total. The lowest BCUT2D eigenvalue weighted by Gasteiger charge is -2.43. The van der Waals surface area contributed by atoms with Crippen molar-refractivity contribution >= 4 is 17.7 Å². The van der Waals surface area contributed by atoms with Crippen LogP contribution >= 0.6 is 0 Å². The number of hydrogen-bond donors (Lipinski definition) is 1. The molecular weight excluding hydrogens is 428 g/mol. The first-order chi connectivity index (χ1) is 15.4. The van der Waals surface area contributed by atoms with Gasteiger partial charge in [-0.1, -0.05) is 33.8 Å². The Morgan fingerprint density at radius 1 is 1.00 bits per heavy atom. The number of benzene rings is 1. The minimum absolute atomic E-state index is 0.0714. The summed E-state index contributed by atoms with van der Waals surface area (Å²) in [7, 11) is 2.96. The van der Waals surface area contributed by atoms with Gasteiger partial charge in [-0.15, -0.1) is 0 Å². The Kier molecular flexibility index (Phi) is 8.89. The highest BCUT2D eigenvalue weighted by Crippen LogP contribution is 2.48. The quantitative estimate of drug-likeness (QED) is 0.439. The maximum absolute atomic E-state index is 13.2. The largest absolute Gasteiger partial charge is 0.493 e. The smallest absolute Gasteiger partial charge is 0.317 e. The number of hydrogen-bond acceptors (Lipinski definition) is 8. The molecule has 8 heteroatoms. The van der Waals surface area contributed by atoms with Crippen molar-refractivity contribution in [3.8, 4) is 11.5 Å². The highest BCUT2D eigenvalue weighted by molar-refractivity contribution is 6.02. The minimum Gasteiger partial charge on any atom is -0.493 e. The van der Waals surface area contributed by atoms with Crippen molar-refractivity contribution in [3.05, 3.63) is 23.8 Å². The lowest BCUT2D eigenvalue weighted by Crippen LogP contribution is -2.55. The summed E-state index contributed by atoms with van der Waals surface area (Å²) in [6, 6.07) is 4.91. The number of ether oxygens (including phenoxy) is 4. The van der Waals surface area contributed by atoms with Gasteiger partial charge < -0.3 is 24.1 Å². The van der Waals surface area contributed by atoms with Gasteiger partial charge in [0.1, 0.15) is 5.92 Å². The maximum atomic E-state index is 13.2. The summed E-state index contributed by atoms with van der Waals surface area (Å²) < 4.78 is 21.6. The number of carbonyl (C=O) groups is 3. The first-order valence-corrected chi connectivity index (χ1v) is 11.2. The average molecular weight is 465 g/mol. The Balaban J connectivity index is 2.61. The molecule has 0 saturated heterocycles. The van der Waals surface area contributed by atoms with E-state index in [4.69, 9.17) is 18.9 Å². The van der Waals surface area contributed by atoms with Gasteiger partial charge in [-0.25, -0.2) is 0 Å². The van der Waals surface area contributed by atoms with Crippen LogP contribution in [0.15, 0.2) is 18.2 Å². The van der Waals surface area contributed by atoms with E-state index >= 15 is 0 Å². The van der Waals surface area contributed by atoms with E-state index in [1.807, 2.05) is 27.7 Å². The number of aliphatic hydroxyl groups is 1. The van der Waals surface area contributed by atoms with Gasteiger partial charge in [0.2, 0.25) is 0 Å². The van der Waals surface area contributed by atoms with Crippen molar-refractivity contribution in [2.24, 2.45) is 23.7 Å². The first-order valence-electron chi connectivity index (χ1n) is 11.2. The molecule has 184 valence electrons. The van der Waals surface area contributed by atoms with Crippen molar-refractivity contribution in [2.75, 3.05) is 27.4 Å². The van der Waals surface area contributed by atoms with Crippen molar-refractivity contribution in [1.29, 1.82) is 0 Å². The second-order valence-corrected chi connectivity index (χ2v) is 9.64. The molecule has 1 aliphatic rings. The van der Waals surface area contributed by atoms with Gasteiger partial charge in [0.25, 0.3) is 0 Å². The Bertz CT molecular complexity index is 858. The van der Waals surface area contributed by atoms with Gasteiger partial charge in [0.05, 0.1) is 39.0 Å². The summed E-state index contributed by atoms with van der Waals surface area (Å²) in [6.45, 7) is 9.29. The summed E-state index contributed by atoms with van der Waals surface area (Å²) >= 11 is 0. The second kappa shape index (κ2) is 11.0. The standard InChI is InChI=1S/C25H36O8/c1-14(2)12-32-23(27)21-17(26)11-25(5,29)22(24(28)33-13-15(3)4)20(21)16-8-9-18(30-6)19(10-16)31-7/h8-10,14-15,20-22,29H,11-13H2,1-7H3/t20-,21-,22+,25-/m0/s1. The van der Waals surface area contributed by atoms with Crippen molar-refractivity contribution in [1.82, 2.24) is 0 Å². The van der Waals surface area contributed by atoms with Crippen LogP contribution in [0.2, 0.25) is 0 Å². The van der Waals surface area contributed by atoms with Crippen molar-refractivity contribution in [3.63, 3.8) is 0 Å². The van der Waals surface area contributed by atoms with E-state index in [2.05, 4.69) is 0 Å². The topological polar surface area (TPSA) is 108 Å². The summed E-state index contributed by atoms with van der Waals surface area (Å²) in [5, 5.41) is 11.2. The minimum atomic E-state index is -1.71. The fourth-order valence-electron chi connectivity index (χ4n) is 4.15. The number of methoxy groups -OCH3 is 2. The first kappa shape index (κ1) is 26.6. The van der Waals surface area contributed by atoms with E-state index < -0.39 is 41.1 Å². The van der Waals surface area contributed by atoms with Crippen LogP contribution in [0.1, 0.15) is 52.5 Å². The second-order valence-electron chi connectivity index (χ2n) is 9.64. The zero-order valence-corrected chi connectivity index (χ0v) is 20.5. The third kappa shape index (κ3) is 6.25. The van der Waals surface area contributed by atoms with E-state index in [-0.39, 0.29) is 31.5 Å². The molecule has 2 rings (SSSR count). The molecule has 1 aromatic rings. The Morgan fingerprint density at radius 2 is 1.55 bits per heavy atom. The van der Waals surface area contributed by atoms with Gasteiger partial charge in [-0.05, 0) is 36.5 Å². The van der Waals surface area contributed by atoms with Gasteiger partial charge in [-0.3, -0.25) is 14.4 Å². The Hall–Kier alpha value is -2.61. The van der Waals surface area contributed by atoms with Crippen LogP contribution in [0.4, 0.5) is 0 Å². The normalized spacial score (nSPS) is 25.2. The molecule has 1 aliphatic carbocycles. The van der Waals surface area contributed by atoms with Crippen LogP contribution in [-0.4, -0.2) is 55.9 Å². The van der Waals surface area contributed by atoms with E-state index in [9.17, 15) is 19.5 Å². The molecule has 0 aromatic heterocycles. The lowest BCUT2D eigenvalue weighted by molar-refractivity contribution is -0.173. The van der Waals surface area contributed by atoms with E-state index in [0.717, 1.165) is 0 Å². The molecule has 1 aromatic carbocycles. The fraction of sp³-hybridized carbons (Fsp3) is 0.640. The molecule has 0 bridgehead atoms. The van der Waals surface area contributed by atoms with Crippen LogP contribution < -0.4 is 9.47 Å². The number of esters is 2. The monoisotopic (exact) mass is 464 g/mol. The number of Topliss-reactive ketones (excluding diaryl/α,β-unsaturated/α-hetero) is 1. The zero-order chi connectivity index (χ0) is 24.9. The molecule has 0 unspecified atom stereocenters. The third-order valence-corrected chi connectivity index (χ3v) is 5.69. The molecule has 0 heterocycles. The lowest BCUT2D eigenvalue weighted by atomic mass is 9.61. The highest BCUT2D eigenvalue weighted by atomic mass is 16.5. The number of ketones is 1. The van der Waals surface area contributed by atoms with Crippen LogP contribution in [-0.2, 0) is 23.9 Å². The third-order valence-electron chi connectivity index (χ3n) is 5.69. The summed E-state index contributed by atoms with van der Waals surface area (Å²) in [4.78, 5) is 39.4. The molecule has 0 amide bonds. The van der Waals surface area contributed by atoms with Crippen molar-refractivity contribution in [2.45, 2.75) is 52.6 Å². The zero-order valence-electron chi connectivity index (χ0n) is 20.5. The van der Waals surface area contributed by atoms with E-state index in [1.165, 1.54) is 21.1 Å². The van der Waals surface area contributed by atoms with E-state index in [0.29, 0.717) is 17.1 Å². The molecule has 1 fully saturated rings. The molecule has 4 atom stereocenters. The van der Waals surface area contributed by atoms with Gasteiger partial charge >= 0.3 is 11.9 Å². The van der Waals surface area contributed by atoms with Crippen LogP contribution in [0.3, 0.4) is 0 Å². The van der Waals surface area contributed by atoms with E-state index in [1.54, 1.807) is 18.2 Å². The molecule has 0 aliphatic heterocycles. The predicted molar refractivity (Wildman–Crippen MR) is 121 cm³/mol. The fourth-order valence-corrected chi connectivity index (χ4v) is 4.15. The van der Waals surface area contributed by atoms with Gasteiger partial charge in [-0.2, -0.15) is 0 Å². The molecule has 1 saturated carbocycles. The van der Waals surface area contributed by atoms with Gasteiger partial charge in [0.15, 0.2) is 17.3 Å². The van der Waals surface area contributed by atoms with Gasteiger partial charge in [0, 0.05) is 12.3 Å². The number of carbonyl (C=O) groups excluding carboxylic acids is 3. The molecule has 1 N–H and O–H groups in total. The Morgan fingerprint density at radius 3 is 2.06 bits per heavy atom. The summed E-state index contributed by atoms with van der Waals surface area (Å²) in [5.41, 5.74) is -1.24. The molecule has 0 spiro atoms. The summed E-state index contributed by atoms with van der Waals surface area (Å²) in [6.07, 6.45) is -0.361. The maximum Gasteiger partial charge on any atom is 0.317 e. The van der Waals surface area contributed by atoms with Crippen molar-refractivity contribution < 1.29 is 38.4 Å². The predicted octanol–water partition coefficient (Wildman–Crippen LogP) is 3.14. The van der Waals surface area contributed by atoms with Crippen LogP contribution in [0, 0.1) is 23.7 Å². The SMILES string of the molecule is COc1ccc([C@H]2[C@@H](C(=O)OCC(C)C)C(=O)C[C@](C)(O)[C@H]2C(=O)OCC(C)C)cc1OC. The molecule has 33 heavy (non-hydrogen) atoms. The highest BCUT2D eigenvalue weighted by Gasteiger charge is 2.57. The van der Waals surface area contributed by atoms with Crippen LogP contribution in [0.25, 0.3) is 0 Å². The molecule has 0 radical (unpaired) electrons. The average Bonchev–Trinajstić information content (AvgIpc) is 2.74. The summed E-state index contributed by atoms with van der Waals surface area (Å²) in [5.74, 6) is -4.32. The molecular formula is C25H36O8. The van der Waals surface area contributed by atoms with Crippen LogP contribution in [0.5, 0.6) is 11.5 Å². The number of rotatable bonds is 9.